The van der Waals surface area contributed by atoms with Crippen molar-refractivity contribution in [3.63, 3.8) is 0 Å². The maximum atomic E-state index is 13.4. The third-order valence-electron chi connectivity index (χ3n) is 2.33. The molecular weight excluding hydrogens is 275 g/mol. The fourth-order valence-electron chi connectivity index (χ4n) is 1.47. The van der Waals surface area contributed by atoms with E-state index in [0.29, 0.717) is 13.0 Å². The van der Waals surface area contributed by atoms with E-state index in [1.807, 2.05) is 0 Å². The molecule has 1 amide bonds. The molecule has 0 saturated carbocycles. The molecule has 0 aliphatic rings. The minimum atomic E-state index is -0.613. The van der Waals surface area contributed by atoms with Crippen molar-refractivity contribution >= 4 is 28.8 Å². The normalized spacial score (nSPS) is 10.3. The minimum Gasteiger partial charge on any atom is -0.352 e. The van der Waals surface area contributed by atoms with Crippen LogP contribution in [0.3, 0.4) is 0 Å². The third kappa shape index (κ3) is 3.05. The predicted octanol–water partition coefficient (Wildman–Crippen LogP) is 2.91. The second-order valence-corrected chi connectivity index (χ2v) is 4.95. The number of aromatic nitrogens is 1. The molecule has 0 aliphatic heterocycles. The molecule has 2 aromatic rings. The molecule has 0 spiro atoms. The standard InChI is InChI=1S/C12H10ClFN2OS/c13-9-2-1-3-10(14)11(9)12(17)16-5-4-8-6-15-7-18-8/h1-3,6-7H,4-5H2,(H,16,17). The summed E-state index contributed by atoms with van der Waals surface area (Å²) < 4.78 is 13.4. The van der Waals surface area contributed by atoms with E-state index >= 15 is 0 Å². The van der Waals surface area contributed by atoms with Gasteiger partial charge in [-0.05, 0) is 12.1 Å². The van der Waals surface area contributed by atoms with E-state index in [4.69, 9.17) is 11.6 Å². The second kappa shape index (κ2) is 5.93. The molecule has 1 N–H and O–H groups in total. The van der Waals surface area contributed by atoms with Crippen molar-refractivity contribution in [2.75, 3.05) is 6.54 Å². The summed E-state index contributed by atoms with van der Waals surface area (Å²) in [6.07, 6.45) is 2.41. The van der Waals surface area contributed by atoms with E-state index in [1.165, 1.54) is 29.5 Å². The fourth-order valence-corrected chi connectivity index (χ4v) is 2.32. The van der Waals surface area contributed by atoms with Crippen LogP contribution in [0.5, 0.6) is 0 Å². The predicted molar refractivity (Wildman–Crippen MR) is 69.6 cm³/mol. The van der Waals surface area contributed by atoms with E-state index in [0.717, 1.165) is 4.88 Å². The molecule has 3 nitrogen and oxygen atoms in total. The van der Waals surface area contributed by atoms with Gasteiger partial charge in [-0.25, -0.2) is 4.39 Å². The summed E-state index contributed by atoms with van der Waals surface area (Å²) in [4.78, 5) is 16.8. The Balaban J connectivity index is 1.96. The Kier molecular flexibility index (Phi) is 4.28. The molecule has 1 aromatic carbocycles. The molecular formula is C12H10ClFN2OS. The number of nitrogens with one attached hydrogen (secondary N) is 1. The van der Waals surface area contributed by atoms with Gasteiger partial charge in [-0.15, -0.1) is 11.3 Å². The monoisotopic (exact) mass is 284 g/mol. The van der Waals surface area contributed by atoms with E-state index in [9.17, 15) is 9.18 Å². The third-order valence-corrected chi connectivity index (χ3v) is 3.48. The molecule has 18 heavy (non-hydrogen) atoms. The summed E-state index contributed by atoms with van der Waals surface area (Å²) in [5.74, 6) is -1.11. The van der Waals surface area contributed by atoms with Crippen molar-refractivity contribution in [3.05, 3.63) is 51.2 Å². The topological polar surface area (TPSA) is 42.0 Å². The number of rotatable bonds is 4. The molecule has 0 bridgehead atoms. The molecule has 2 rings (SSSR count). The average Bonchev–Trinajstić information content (AvgIpc) is 2.82. The number of nitrogens with zero attached hydrogens (tertiary/aromatic N) is 1. The van der Waals surface area contributed by atoms with Crippen LogP contribution in [0.25, 0.3) is 0 Å². The Bertz CT molecular complexity index is 525. The highest BCUT2D eigenvalue weighted by Crippen LogP contribution is 2.18. The van der Waals surface area contributed by atoms with Gasteiger partial charge in [0.05, 0.1) is 16.1 Å². The Morgan fingerprint density at radius 1 is 1.50 bits per heavy atom. The minimum absolute atomic E-state index is 0.108. The number of thiazole rings is 1. The summed E-state index contributed by atoms with van der Waals surface area (Å²) >= 11 is 7.31. The largest absolute Gasteiger partial charge is 0.352 e. The number of hydrogen-bond donors (Lipinski definition) is 1. The van der Waals surface area contributed by atoms with Gasteiger partial charge in [0.15, 0.2) is 0 Å². The van der Waals surface area contributed by atoms with E-state index in [1.54, 1.807) is 11.7 Å². The van der Waals surface area contributed by atoms with Gasteiger partial charge in [0.25, 0.3) is 5.91 Å². The number of halogens is 2. The van der Waals surface area contributed by atoms with Crippen LogP contribution in [0.15, 0.2) is 29.9 Å². The first-order valence-electron chi connectivity index (χ1n) is 5.28. The lowest BCUT2D eigenvalue weighted by molar-refractivity contribution is 0.0950. The average molecular weight is 285 g/mol. The van der Waals surface area contributed by atoms with E-state index in [2.05, 4.69) is 10.3 Å². The van der Waals surface area contributed by atoms with Crippen LogP contribution in [0, 0.1) is 5.82 Å². The molecule has 1 heterocycles. The zero-order valence-corrected chi connectivity index (χ0v) is 10.9. The summed E-state index contributed by atoms with van der Waals surface area (Å²) in [5, 5.41) is 2.75. The van der Waals surface area contributed by atoms with Crippen molar-refractivity contribution < 1.29 is 9.18 Å². The number of hydrogen-bond acceptors (Lipinski definition) is 3. The summed E-state index contributed by atoms with van der Waals surface area (Å²) in [5.41, 5.74) is 1.62. The maximum absolute atomic E-state index is 13.4. The van der Waals surface area contributed by atoms with Gasteiger partial charge in [0.2, 0.25) is 0 Å². The zero-order valence-electron chi connectivity index (χ0n) is 9.32. The van der Waals surface area contributed by atoms with Crippen LogP contribution in [0.2, 0.25) is 5.02 Å². The van der Waals surface area contributed by atoms with Gasteiger partial charge in [0.1, 0.15) is 5.82 Å². The van der Waals surface area contributed by atoms with Gasteiger partial charge in [0, 0.05) is 24.0 Å². The number of carbonyl (C=O) groups excluding carboxylic acids is 1. The van der Waals surface area contributed by atoms with Crippen molar-refractivity contribution in [1.82, 2.24) is 10.3 Å². The first-order chi connectivity index (χ1) is 8.68. The first kappa shape index (κ1) is 13.0. The van der Waals surface area contributed by atoms with Gasteiger partial charge in [-0.2, -0.15) is 0 Å². The van der Waals surface area contributed by atoms with Crippen molar-refractivity contribution in [1.29, 1.82) is 0 Å². The molecule has 0 saturated heterocycles. The lowest BCUT2D eigenvalue weighted by Crippen LogP contribution is -2.26. The molecule has 0 fully saturated rings. The Morgan fingerprint density at radius 3 is 3.00 bits per heavy atom. The first-order valence-corrected chi connectivity index (χ1v) is 6.54. The second-order valence-electron chi connectivity index (χ2n) is 3.57. The lowest BCUT2D eigenvalue weighted by Gasteiger charge is -2.06. The maximum Gasteiger partial charge on any atom is 0.255 e. The van der Waals surface area contributed by atoms with Crippen molar-refractivity contribution in [2.45, 2.75) is 6.42 Å². The van der Waals surface area contributed by atoms with Crippen LogP contribution < -0.4 is 5.32 Å². The molecule has 0 aliphatic carbocycles. The van der Waals surface area contributed by atoms with Crippen LogP contribution in [0.4, 0.5) is 4.39 Å². The van der Waals surface area contributed by atoms with Gasteiger partial charge in [-0.3, -0.25) is 9.78 Å². The molecule has 0 unspecified atom stereocenters. The Morgan fingerprint density at radius 2 is 2.33 bits per heavy atom. The molecule has 1 aromatic heterocycles. The molecule has 0 atom stereocenters. The Hall–Kier alpha value is -1.46. The van der Waals surface area contributed by atoms with Crippen LogP contribution in [-0.4, -0.2) is 17.4 Å². The quantitative estimate of drug-likeness (QED) is 0.938. The molecule has 94 valence electrons. The van der Waals surface area contributed by atoms with Gasteiger partial charge in [-0.1, -0.05) is 17.7 Å². The summed E-state index contributed by atoms with van der Waals surface area (Å²) in [6, 6.07) is 4.17. The van der Waals surface area contributed by atoms with Crippen molar-refractivity contribution in [2.24, 2.45) is 0 Å². The van der Waals surface area contributed by atoms with E-state index < -0.39 is 11.7 Å². The fraction of sp³-hybridized carbons (Fsp3) is 0.167. The lowest BCUT2D eigenvalue weighted by atomic mass is 10.2. The van der Waals surface area contributed by atoms with Crippen molar-refractivity contribution in [3.8, 4) is 0 Å². The van der Waals surface area contributed by atoms with Crippen LogP contribution >= 0.6 is 22.9 Å². The SMILES string of the molecule is O=C(NCCc1cncs1)c1c(F)cccc1Cl. The van der Waals surface area contributed by atoms with Gasteiger partial charge < -0.3 is 5.32 Å². The number of carbonyl (C=O) groups is 1. The summed E-state index contributed by atoms with van der Waals surface area (Å²) in [6.45, 7) is 0.422. The van der Waals surface area contributed by atoms with Gasteiger partial charge >= 0.3 is 0 Å². The molecule has 6 heteroatoms. The molecule has 0 radical (unpaired) electrons. The van der Waals surface area contributed by atoms with E-state index in [-0.39, 0.29) is 10.6 Å². The van der Waals surface area contributed by atoms with Crippen LogP contribution in [-0.2, 0) is 6.42 Å². The smallest absolute Gasteiger partial charge is 0.255 e. The highest BCUT2D eigenvalue weighted by Gasteiger charge is 2.14. The zero-order chi connectivity index (χ0) is 13.0. The Labute approximate surface area is 113 Å². The number of benzene rings is 1. The highest BCUT2D eigenvalue weighted by molar-refractivity contribution is 7.09. The number of amides is 1. The summed E-state index contributed by atoms with van der Waals surface area (Å²) in [7, 11) is 0. The highest BCUT2D eigenvalue weighted by atomic mass is 35.5. The van der Waals surface area contributed by atoms with Crippen LogP contribution in [0.1, 0.15) is 15.2 Å².